The van der Waals surface area contributed by atoms with Crippen LogP contribution in [0.15, 0.2) is 23.8 Å². The monoisotopic (exact) mass is 128 g/mol. The summed E-state index contributed by atoms with van der Waals surface area (Å²) in [6.07, 6.45) is 6.21. The molecule has 0 saturated carbocycles. The van der Waals surface area contributed by atoms with E-state index in [1.54, 1.807) is 0 Å². The fraction of sp³-hybridized carbons (Fsp3) is 0.500. The summed E-state index contributed by atoms with van der Waals surface area (Å²) in [5.74, 6) is 0. The highest BCUT2D eigenvalue weighted by Crippen LogP contribution is 1.90. The molecule has 0 radical (unpaired) electrons. The Kier molecular flexibility index (Phi) is 5.18. The first-order chi connectivity index (χ1) is 4.27. The van der Waals surface area contributed by atoms with E-state index in [4.69, 9.17) is 0 Å². The minimum atomic E-state index is -0.257. The van der Waals surface area contributed by atoms with Gasteiger partial charge in [-0.05, 0) is 20.3 Å². The molecule has 0 amide bonds. The van der Waals surface area contributed by atoms with Crippen LogP contribution >= 0.6 is 0 Å². The van der Waals surface area contributed by atoms with E-state index < -0.39 is 0 Å². The molecule has 0 bridgehead atoms. The molecule has 9 heavy (non-hydrogen) atoms. The molecule has 0 aromatic rings. The summed E-state index contributed by atoms with van der Waals surface area (Å²) in [5.41, 5.74) is 1.24. The van der Waals surface area contributed by atoms with E-state index in [0.29, 0.717) is 6.42 Å². The first kappa shape index (κ1) is 8.41. The maximum atomic E-state index is 11.4. The van der Waals surface area contributed by atoms with Crippen molar-refractivity contribution in [3.63, 3.8) is 0 Å². The van der Waals surface area contributed by atoms with Gasteiger partial charge in [0.2, 0.25) is 0 Å². The molecular weight excluding hydrogens is 115 g/mol. The highest BCUT2D eigenvalue weighted by Gasteiger charge is 1.73. The van der Waals surface area contributed by atoms with E-state index in [2.05, 4.69) is 0 Å². The molecule has 0 fully saturated rings. The van der Waals surface area contributed by atoms with E-state index in [9.17, 15) is 4.39 Å². The summed E-state index contributed by atoms with van der Waals surface area (Å²) in [6, 6.07) is 0. The topological polar surface area (TPSA) is 0 Å². The third-order valence-electron chi connectivity index (χ3n) is 0.841. The van der Waals surface area contributed by atoms with Crippen molar-refractivity contribution in [2.75, 3.05) is 6.67 Å². The molecule has 0 aromatic carbocycles. The molecule has 0 atom stereocenters. The molecule has 0 saturated heterocycles. The number of hydrogen-bond donors (Lipinski definition) is 0. The Balaban J connectivity index is 3.35. The normalized spacial score (nSPS) is 10.1. The van der Waals surface area contributed by atoms with Crippen molar-refractivity contribution >= 4 is 0 Å². The van der Waals surface area contributed by atoms with Gasteiger partial charge in [0.15, 0.2) is 0 Å². The fourth-order valence-electron chi connectivity index (χ4n) is 0.420. The van der Waals surface area contributed by atoms with Gasteiger partial charge in [-0.2, -0.15) is 0 Å². The van der Waals surface area contributed by atoms with Crippen LogP contribution in [-0.2, 0) is 0 Å². The van der Waals surface area contributed by atoms with Gasteiger partial charge in [0.05, 0.1) is 6.67 Å². The number of allylic oxidation sites excluding steroid dienone is 4. The summed E-state index contributed by atoms with van der Waals surface area (Å²) < 4.78 is 11.4. The van der Waals surface area contributed by atoms with Crippen molar-refractivity contribution < 1.29 is 4.39 Å². The highest BCUT2D eigenvalue weighted by atomic mass is 19.1. The van der Waals surface area contributed by atoms with Crippen LogP contribution in [0.2, 0.25) is 0 Å². The van der Waals surface area contributed by atoms with Crippen molar-refractivity contribution in [2.45, 2.75) is 20.3 Å². The first-order valence-electron chi connectivity index (χ1n) is 3.13. The predicted molar refractivity (Wildman–Crippen MR) is 39.2 cm³/mol. The second-order valence-electron chi connectivity index (χ2n) is 2.15. The maximum Gasteiger partial charge on any atom is 0.0928 e. The maximum absolute atomic E-state index is 11.4. The molecule has 0 spiro atoms. The molecule has 52 valence electrons. The number of hydrogen-bond acceptors (Lipinski definition) is 0. The molecule has 0 unspecified atom stereocenters. The van der Waals surface area contributed by atoms with Crippen LogP contribution in [0.5, 0.6) is 0 Å². The van der Waals surface area contributed by atoms with Crippen molar-refractivity contribution in [2.24, 2.45) is 0 Å². The molecule has 1 heteroatoms. The van der Waals surface area contributed by atoms with Gasteiger partial charge >= 0.3 is 0 Å². The van der Waals surface area contributed by atoms with Crippen molar-refractivity contribution in [3.8, 4) is 0 Å². The zero-order chi connectivity index (χ0) is 7.11. The largest absolute Gasteiger partial charge is 0.251 e. The van der Waals surface area contributed by atoms with E-state index in [-0.39, 0.29) is 6.67 Å². The fourth-order valence-corrected chi connectivity index (χ4v) is 0.420. The minimum Gasteiger partial charge on any atom is -0.251 e. The van der Waals surface area contributed by atoms with Gasteiger partial charge in [-0.15, -0.1) is 0 Å². The van der Waals surface area contributed by atoms with Crippen molar-refractivity contribution in [1.82, 2.24) is 0 Å². The van der Waals surface area contributed by atoms with Crippen LogP contribution in [0.1, 0.15) is 20.3 Å². The number of rotatable bonds is 3. The summed E-state index contributed by atoms with van der Waals surface area (Å²) >= 11 is 0. The van der Waals surface area contributed by atoms with E-state index in [0.717, 1.165) is 0 Å². The molecule has 0 N–H and O–H groups in total. The van der Waals surface area contributed by atoms with Gasteiger partial charge in [0.1, 0.15) is 0 Å². The Hall–Kier alpha value is -0.590. The average Bonchev–Trinajstić information content (AvgIpc) is 1.80. The van der Waals surface area contributed by atoms with E-state index in [1.807, 2.05) is 32.1 Å². The standard InChI is InChI=1S/C8H13F/c1-8(2)6-4-3-5-7-9/h3-4,6H,5,7H2,1-2H3. The lowest BCUT2D eigenvalue weighted by Gasteiger charge is -1.81. The quantitative estimate of drug-likeness (QED) is 0.513. The van der Waals surface area contributed by atoms with Crippen molar-refractivity contribution in [3.05, 3.63) is 23.8 Å². The smallest absolute Gasteiger partial charge is 0.0928 e. The Bertz CT molecular complexity index is 108. The predicted octanol–water partition coefficient (Wildman–Crippen LogP) is 2.87. The van der Waals surface area contributed by atoms with Gasteiger partial charge in [-0.25, -0.2) is 0 Å². The van der Waals surface area contributed by atoms with E-state index >= 15 is 0 Å². The van der Waals surface area contributed by atoms with Crippen LogP contribution in [0.4, 0.5) is 4.39 Å². The molecule has 0 aliphatic heterocycles. The summed E-state index contributed by atoms with van der Waals surface area (Å²) in [6.45, 7) is 3.77. The third-order valence-corrected chi connectivity index (χ3v) is 0.841. The lowest BCUT2D eigenvalue weighted by atomic mass is 10.3. The second-order valence-corrected chi connectivity index (χ2v) is 2.15. The Morgan fingerprint density at radius 2 is 2.11 bits per heavy atom. The average molecular weight is 128 g/mol. The highest BCUT2D eigenvalue weighted by molar-refractivity contribution is 5.07. The van der Waals surface area contributed by atoms with Crippen LogP contribution in [0, 0.1) is 0 Å². The minimum absolute atomic E-state index is 0.257. The van der Waals surface area contributed by atoms with Gasteiger partial charge in [0, 0.05) is 0 Å². The summed E-state index contributed by atoms with van der Waals surface area (Å²) in [5, 5.41) is 0. The van der Waals surface area contributed by atoms with Gasteiger partial charge < -0.3 is 0 Å². The molecule has 0 heterocycles. The van der Waals surface area contributed by atoms with Crippen molar-refractivity contribution in [1.29, 1.82) is 0 Å². The van der Waals surface area contributed by atoms with Crippen LogP contribution in [-0.4, -0.2) is 6.67 Å². The van der Waals surface area contributed by atoms with Crippen LogP contribution in [0.3, 0.4) is 0 Å². The Labute approximate surface area is 56.1 Å². The summed E-state index contributed by atoms with van der Waals surface area (Å²) in [4.78, 5) is 0. The number of halogens is 1. The summed E-state index contributed by atoms with van der Waals surface area (Å²) in [7, 11) is 0. The molecular formula is C8H13F. The van der Waals surface area contributed by atoms with Crippen LogP contribution in [0.25, 0.3) is 0 Å². The molecule has 0 nitrogen and oxygen atoms in total. The first-order valence-corrected chi connectivity index (χ1v) is 3.13. The molecule has 0 aromatic heterocycles. The third kappa shape index (κ3) is 7.41. The molecule has 0 aliphatic carbocycles. The Morgan fingerprint density at radius 3 is 2.56 bits per heavy atom. The second kappa shape index (κ2) is 5.54. The molecule has 0 rings (SSSR count). The van der Waals surface area contributed by atoms with Gasteiger partial charge in [0.25, 0.3) is 0 Å². The zero-order valence-corrected chi connectivity index (χ0v) is 6.02. The lowest BCUT2D eigenvalue weighted by molar-refractivity contribution is 0.501. The SMILES string of the molecule is CC(C)=CC=CCCF. The van der Waals surface area contributed by atoms with Crippen LogP contribution < -0.4 is 0 Å². The lowest BCUT2D eigenvalue weighted by Crippen LogP contribution is -1.66. The van der Waals surface area contributed by atoms with E-state index in [1.165, 1.54) is 5.57 Å². The van der Waals surface area contributed by atoms with Gasteiger partial charge in [-0.1, -0.05) is 23.8 Å². The zero-order valence-electron chi connectivity index (χ0n) is 6.02. The Morgan fingerprint density at radius 1 is 1.44 bits per heavy atom. The number of alkyl halides is 1. The molecule has 0 aliphatic rings. The van der Waals surface area contributed by atoms with Gasteiger partial charge in [-0.3, -0.25) is 4.39 Å².